The van der Waals surface area contributed by atoms with E-state index in [2.05, 4.69) is 0 Å². The van der Waals surface area contributed by atoms with E-state index < -0.39 is 5.82 Å². The van der Waals surface area contributed by atoms with Crippen LogP contribution in [0.2, 0.25) is 0 Å². The number of hydrogen-bond acceptors (Lipinski definition) is 3. The second kappa shape index (κ2) is 5.98. The zero-order chi connectivity index (χ0) is 14.5. The maximum atomic E-state index is 13.2. The number of ketones is 1. The van der Waals surface area contributed by atoms with Gasteiger partial charge in [-0.1, -0.05) is 0 Å². The molecule has 0 radical (unpaired) electrons. The molecule has 0 unspecified atom stereocenters. The fraction of sp³-hybridized carbons (Fsp3) is 0.125. The molecule has 100 valence electrons. The molecule has 0 atom stereocenters. The molecule has 0 bridgehead atoms. The molecule has 2 aromatic rings. The molecule has 4 heteroatoms. The van der Waals surface area contributed by atoms with Crippen molar-refractivity contribution in [3.05, 3.63) is 65.0 Å². The SMILES string of the molecule is CC(=O)c1ccc(OCc2cc(F)cc(C#N)c2)cc1. The highest BCUT2D eigenvalue weighted by molar-refractivity contribution is 5.94. The number of ether oxygens (including phenoxy) is 1. The minimum atomic E-state index is -0.463. The van der Waals surface area contributed by atoms with E-state index in [4.69, 9.17) is 10.00 Å². The van der Waals surface area contributed by atoms with Crippen molar-refractivity contribution in [2.75, 3.05) is 0 Å². The molecule has 0 saturated carbocycles. The maximum Gasteiger partial charge on any atom is 0.159 e. The van der Waals surface area contributed by atoms with Crippen molar-refractivity contribution in [2.24, 2.45) is 0 Å². The minimum absolute atomic E-state index is 0.0136. The first-order valence-electron chi connectivity index (χ1n) is 6.02. The number of nitriles is 1. The summed E-state index contributed by atoms with van der Waals surface area (Å²) in [5.74, 6) is 0.104. The van der Waals surface area contributed by atoms with Crippen LogP contribution in [0, 0.1) is 17.1 Å². The molecule has 0 spiro atoms. The standard InChI is InChI=1S/C16H12FNO2/c1-11(19)14-2-4-16(5-3-14)20-10-13-6-12(9-18)7-15(17)8-13/h2-8H,10H2,1H3. The lowest BCUT2D eigenvalue weighted by Crippen LogP contribution is -1.98. The van der Waals surface area contributed by atoms with Crippen LogP contribution < -0.4 is 4.74 Å². The van der Waals surface area contributed by atoms with E-state index in [1.54, 1.807) is 30.3 Å². The summed E-state index contributed by atoms with van der Waals surface area (Å²) in [6.07, 6.45) is 0. The van der Waals surface area contributed by atoms with E-state index in [1.807, 2.05) is 6.07 Å². The van der Waals surface area contributed by atoms with E-state index >= 15 is 0 Å². The molecule has 2 aromatic carbocycles. The van der Waals surface area contributed by atoms with Gasteiger partial charge in [0.25, 0.3) is 0 Å². The van der Waals surface area contributed by atoms with Gasteiger partial charge in [0.15, 0.2) is 5.78 Å². The predicted molar refractivity (Wildman–Crippen MR) is 71.9 cm³/mol. The van der Waals surface area contributed by atoms with E-state index in [-0.39, 0.29) is 18.0 Å². The van der Waals surface area contributed by atoms with Gasteiger partial charge in [-0.15, -0.1) is 0 Å². The van der Waals surface area contributed by atoms with Crippen LogP contribution in [0.25, 0.3) is 0 Å². The number of carbonyl (C=O) groups is 1. The lowest BCUT2D eigenvalue weighted by molar-refractivity contribution is 0.101. The molecule has 0 aliphatic heterocycles. The fourth-order valence-corrected chi connectivity index (χ4v) is 1.75. The lowest BCUT2D eigenvalue weighted by atomic mass is 10.1. The Morgan fingerprint density at radius 1 is 1.25 bits per heavy atom. The number of hydrogen-bond donors (Lipinski definition) is 0. The molecule has 0 fully saturated rings. The van der Waals surface area contributed by atoms with Crippen LogP contribution >= 0.6 is 0 Å². The summed E-state index contributed by atoms with van der Waals surface area (Å²) < 4.78 is 18.7. The first kappa shape index (κ1) is 13.8. The van der Waals surface area contributed by atoms with Crippen LogP contribution in [-0.2, 0) is 6.61 Å². The molecule has 0 aliphatic carbocycles. The molecule has 0 saturated heterocycles. The Morgan fingerprint density at radius 2 is 1.95 bits per heavy atom. The Kier molecular flexibility index (Phi) is 4.11. The largest absolute Gasteiger partial charge is 0.489 e. The highest BCUT2D eigenvalue weighted by atomic mass is 19.1. The van der Waals surface area contributed by atoms with Gasteiger partial charge in [0.05, 0.1) is 11.6 Å². The molecule has 0 aromatic heterocycles. The van der Waals surface area contributed by atoms with Gasteiger partial charge < -0.3 is 4.74 Å². The number of benzene rings is 2. The Bertz CT molecular complexity index is 672. The lowest BCUT2D eigenvalue weighted by Gasteiger charge is -2.07. The van der Waals surface area contributed by atoms with Gasteiger partial charge in [0.2, 0.25) is 0 Å². The van der Waals surface area contributed by atoms with E-state index in [0.29, 0.717) is 16.9 Å². The van der Waals surface area contributed by atoms with Crippen LogP contribution in [0.5, 0.6) is 5.75 Å². The smallest absolute Gasteiger partial charge is 0.159 e. The van der Waals surface area contributed by atoms with Crippen LogP contribution in [-0.4, -0.2) is 5.78 Å². The zero-order valence-electron chi connectivity index (χ0n) is 10.9. The Hall–Kier alpha value is -2.67. The summed E-state index contributed by atoms with van der Waals surface area (Å²) in [7, 11) is 0. The quantitative estimate of drug-likeness (QED) is 0.798. The maximum absolute atomic E-state index is 13.2. The molecule has 0 amide bonds. The van der Waals surface area contributed by atoms with Crippen LogP contribution in [0.3, 0.4) is 0 Å². The highest BCUT2D eigenvalue weighted by Gasteiger charge is 2.03. The second-order valence-electron chi connectivity index (χ2n) is 4.33. The molecule has 3 nitrogen and oxygen atoms in total. The van der Waals surface area contributed by atoms with Gasteiger partial charge in [0, 0.05) is 5.56 Å². The summed E-state index contributed by atoms with van der Waals surface area (Å²) in [4.78, 5) is 11.1. The van der Waals surface area contributed by atoms with Crippen molar-refractivity contribution >= 4 is 5.78 Å². The number of halogens is 1. The number of nitrogens with zero attached hydrogens (tertiary/aromatic N) is 1. The highest BCUT2D eigenvalue weighted by Crippen LogP contribution is 2.16. The van der Waals surface area contributed by atoms with Crippen molar-refractivity contribution in [1.82, 2.24) is 0 Å². The van der Waals surface area contributed by atoms with Crippen molar-refractivity contribution < 1.29 is 13.9 Å². The molecule has 2 rings (SSSR count). The first-order valence-corrected chi connectivity index (χ1v) is 6.02. The van der Waals surface area contributed by atoms with Crippen molar-refractivity contribution in [3.63, 3.8) is 0 Å². The molecule has 0 N–H and O–H groups in total. The topological polar surface area (TPSA) is 50.1 Å². The van der Waals surface area contributed by atoms with Gasteiger partial charge in [0.1, 0.15) is 18.2 Å². The number of rotatable bonds is 4. The number of carbonyl (C=O) groups excluding carboxylic acids is 1. The molecule has 0 aliphatic rings. The van der Waals surface area contributed by atoms with Gasteiger partial charge in [-0.3, -0.25) is 4.79 Å². The predicted octanol–water partition coefficient (Wildman–Crippen LogP) is 3.48. The van der Waals surface area contributed by atoms with Crippen molar-refractivity contribution in [1.29, 1.82) is 5.26 Å². The molecular weight excluding hydrogens is 257 g/mol. The minimum Gasteiger partial charge on any atom is -0.489 e. The van der Waals surface area contributed by atoms with Gasteiger partial charge in [-0.05, 0) is 55.0 Å². The third-order valence-electron chi connectivity index (χ3n) is 2.75. The van der Waals surface area contributed by atoms with Crippen LogP contribution in [0.4, 0.5) is 4.39 Å². The van der Waals surface area contributed by atoms with Gasteiger partial charge in [-0.25, -0.2) is 4.39 Å². The Balaban J connectivity index is 2.07. The van der Waals surface area contributed by atoms with Gasteiger partial charge >= 0.3 is 0 Å². The summed E-state index contributed by atoms with van der Waals surface area (Å²) in [5, 5.41) is 8.76. The molecule has 0 heterocycles. The normalized spacial score (nSPS) is 9.85. The van der Waals surface area contributed by atoms with Crippen LogP contribution in [0.15, 0.2) is 42.5 Å². The van der Waals surface area contributed by atoms with E-state index in [9.17, 15) is 9.18 Å². The summed E-state index contributed by atoms with van der Waals surface area (Å²) in [5.41, 5.74) is 1.45. The molecular formula is C16H12FNO2. The summed E-state index contributed by atoms with van der Waals surface area (Å²) in [6.45, 7) is 1.65. The monoisotopic (exact) mass is 269 g/mol. The number of Topliss-reactive ketones (excluding diaryl/α,β-unsaturated/α-hetero) is 1. The summed E-state index contributed by atoms with van der Waals surface area (Å²) in [6, 6.07) is 12.7. The Labute approximate surface area is 116 Å². The average Bonchev–Trinajstić information content (AvgIpc) is 2.45. The van der Waals surface area contributed by atoms with Crippen LogP contribution in [0.1, 0.15) is 28.4 Å². The Morgan fingerprint density at radius 3 is 2.55 bits per heavy atom. The zero-order valence-corrected chi connectivity index (χ0v) is 10.9. The van der Waals surface area contributed by atoms with E-state index in [1.165, 1.54) is 19.1 Å². The molecule has 20 heavy (non-hydrogen) atoms. The van der Waals surface area contributed by atoms with Gasteiger partial charge in [-0.2, -0.15) is 5.26 Å². The first-order chi connectivity index (χ1) is 9.58. The average molecular weight is 269 g/mol. The van der Waals surface area contributed by atoms with Crippen molar-refractivity contribution in [2.45, 2.75) is 13.5 Å². The third kappa shape index (κ3) is 3.42. The second-order valence-corrected chi connectivity index (χ2v) is 4.33. The third-order valence-corrected chi connectivity index (χ3v) is 2.75. The fourth-order valence-electron chi connectivity index (χ4n) is 1.75. The summed E-state index contributed by atoms with van der Waals surface area (Å²) >= 11 is 0. The van der Waals surface area contributed by atoms with Crippen molar-refractivity contribution in [3.8, 4) is 11.8 Å². The van der Waals surface area contributed by atoms with E-state index in [0.717, 1.165) is 0 Å².